The van der Waals surface area contributed by atoms with Crippen molar-refractivity contribution in [2.24, 2.45) is 0 Å². The van der Waals surface area contributed by atoms with Crippen molar-refractivity contribution in [3.8, 4) is 0 Å². The molecule has 3 aromatic rings. The monoisotopic (exact) mass is 339 g/mol. The third kappa shape index (κ3) is 3.02. The summed E-state index contributed by atoms with van der Waals surface area (Å²) < 4.78 is 15.9. The Hall–Kier alpha value is -2.67. The lowest BCUT2D eigenvalue weighted by molar-refractivity contribution is 0.215. The van der Waals surface area contributed by atoms with Crippen LogP contribution in [0.25, 0.3) is 11.2 Å². The molecule has 6 nitrogen and oxygen atoms in total. The zero-order valence-electron chi connectivity index (χ0n) is 13.7. The van der Waals surface area contributed by atoms with Crippen molar-refractivity contribution in [3.63, 3.8) is 0 Å². The Bertz CT molecular complexity index is 951. The van der Waals surface area contributed by atoms with Crippen molar-refractivity contribution in [1.82, 2.24) is 24.4 Å². The Morgan fingerprint density at radius 3 is 2.64 bits per heavy atom. The topological polar surface area (TPSA) is 63.9 Å². The summed E-state index contributed by atoms with van der Waals surface area (Å²) in [5.74, 6) is -0.249. The number of hydrogen-bond acceptors (Lipinski definition) is 5. The first kappa shape index (κ1) is 15.8. The van der Waals surface area contributed by atoms with Gasteiger partial charge in [0.15, 0.2) is 11.2 Å². The van der Waals surface area contributed by atoms with Crippen molar-refractivity contribution in [2.75, 3.05) is 13.1 Å². The number of halogens is 1. The van der Waals surface area contributed by atoms with E-state index >= 15 is 0 Å². The van der Waals surface area contributed by atoms with E-state index in [-0.39, 0.29) is 22.9 Å². The van der Waals surface area contributed by atoms with Crippen molar-refractivity contribution < 1.29 is 4.39 Å². The fourth-order valence-electron chi connectivity index (χ4n) is 3.41. The lowest BCUT2D eigenvalue weighted by Crippen LogP contribution is -2.33. The third-order valence-corrected chi connectivity index (χ3v) is 4.68. The van der Waals surface area contributed by atoms with Gasteiger partial charge in [-0.1, -0.05) is 18.2 Å². The summed E-state index contributed by atoms with van der Waals surface area (Å²) in [5.41, 5.74) is 0.917. The van der Waals surface area contributed by atoms with Gasteiger partial charge >= 0.3 is 0 Å². The van der Waals surface area contributed by atoms with Gasteiger partial charge in [0.2, 0.25) is 0 Å². The zero-order chi connectivity index (χ0) is 17.2. The lowest BCUT2D eigenvalue weighted by Gasteiger charge is -2.28. The summed E-state index contributed by atoms with van der Waals surface area (Å²) in [5, 5.41) is 0. The van der Waals surface area contributed by atoms with Crippen LogP contribution in [0.3, 0.4) is 0 Å². The van der Waals surface area contributed by atoms with Crippen molar-refractivity contribution in [3.05, 3.63) is 64.7 Å². The summed E-state index contributed by atoms with van der Waals surface area (Å²) in [6, 6.07) is 6.55. The lowest BCUT2D eigenvalue weighted by atomic mass is 10.0. The largest absolute Gasteiger partial charge is 0.295 e. The minimum Gasteiger partial charge on any atom is -0.295 e. The maximum absolute atomic E-state index is 14.4. The summed E-state index contributed by atoms with van der Waals surface area (Å²) in [6.45, 7) is 2.13. The van der Waals surface area contributed by atoms with Gasteiger partial charge in [-0.3, -0.25) is 14.3 Å². The molecule has 2 aromatic heterocycles. The van der Waals surface area contributed by atoms with Crippen LogP contribution in [0, 0.1) is 5.82 Å². The van der Waals surface area contributed by atoms with E-state index in [0.717, 1.165) is 25.9 Å². The molecule has 1 fully saturated rings. The number of nitrogens with zero attached hydrogens (tertiary/aromatic N) is 5. The normalized spacial score (nSPS) is 16.4. The molecule has 0 radical (unpaired) electrons. The van der Waals surface area contributed by atoms with Gasteiger partial charge in [-0.2, -0.15) is 0 Å². The molecular formula is C18H18FN5O. The molecule has 1 aliphatic rings. The number of fused-ring (bicyclic) bond motifs is 1. The van der Waals surface area contributed by atoms with Gasteiger partial charge in [-0.05, 0) is 32.0 Å². The first-order valence-electron chi connectivity index (χ1n) is 8.38. The molecule has 3 heterocycles. The smallest absolute Gasteiger partial charge is 0.281 e. The molecule has 1 aromatic carbocycles. The highest BCUT2D eigenvalue weighted by molar-refractivity contribution is 5.66. The highest BCUT2D eigenvalue weighted by Gasteiger charge is 2.26. The predicted octanol–water partition coefficient (Wildman–Crippen LogP) is 2.16. The summed E-state index contributed by atoms with van der Waals surface area (Å²) in [4.78, 5) is 27.3. The molecular weight excluding hydrogens is 321 g/mol. The van der Waals surface area contributed by atoms with E-state index in [2.05, 4.69) is 19.9 Å². The van der Waals surface area contributed by atoms with Crippen LogP contribution in [0.1, 0.15) is 24.4 Å². The van der Waals surface area contributed by atoms with Crippen LogP contribution in [-0.2, 0) is 6.54 Å². The van der Waals surface area contributed by atoms with Crippen molar-refractivity contribution >= 4 is 11.2 Å². The van der Waals surface area contributed by atoms with E-state index in [0.29, 0.717) is 17.8 Å². The van der Waals surface area contributed by atoms with Crippen LogP contribution in [-0.4, -0.2) is 37.5 Å². The van der Waals surface area contributed by atoms with E-state index in [1.807, 2.05) is 6.07 Å². The van der Waals surface area contributed by atoms with Crippen LogP contribution in [0.4, 0.5) is 4.39 Å². The summed E-state index contributed by atoms with van der Waals surface area (Å²) in [6.07, 6.45) is 6.63. The van der Waals surface area contributed by atoms with Crippen LogP contribution in [0.15, 0.2) is 47.8 Å². The average molecular weight is 339 g/mol. The van der Waals surface area contributed by atoms with Crippen LogP contribution in [0.2, 0.25) is 0 Å². The molecule has 0 aliphatic carbocycles. The highest BCUT2D eigenvalue weighted by atomic mass is 19.1. The number of rotatable bonds is 4. The van der Waals surface area contributed by atoms with E-state index in [9.17, 15) is 9.18 Å². The quantitative estimate of drug-likeness (QED) is 0.729. The third-order valence-electron chi connectivity index (χ3n) is 4.68. The van der Waals surface area contributed by atoms with Crippen molar-refractivity contribution in [2.45, 2.75) is 25.4 Å². The maximum Gasteiger partial charge on any atom is 0.281 e. The second-order valence-electron chi connectivity index (χ2n) is 6.21. The molecule has 1 saturated heterocycles. The number of hydrogen-bond donors (Lipinski definition) is 0. The van der Waals surface area contributed by atoms with E-state index < -0.39 is 0 Å². The second-order valence-corrected chi connectivity index (χ2v) is 6.21. The molecule has 0 saturated carbocycles. The summed E-state index contributed by atoms with van der Waals surface area (Å²) >= 11 is 0. The molecule has 128 valence electrons. The Morgan fingerprint density at radius 2 is 1.84 bits per heavy atom. The molecule has 0 unspecified atom stereocenters. The number of aromatic nitrogens is 4. The van der Waals surface area contributed by atoms with Gasteiger partial charge in [0.25, 0.3) is 5.56 Å². The minimum absolute atomic E-state index is 0.211. The Kier molecular flexibility index (Phi) is 4.23. The molecule has 0 amide bonds. The number of likely N-dealkylation sites (tertiary alicyclic amines) is 1. The molecule has 0 bridgehead atoms. The van der Waals surface area contributed by atoms with Crippen LogP contribution < -0.4 is 5.56 Å². The van der Waals surface area contributed by atoms with Gasteiger partial charge in [-0.15, -0.1) is 0 Å². The Labute approximate surface area is 144 Å². The van der Waals surface area contributed by atoms with Gasteiger partial charge in [0, 0.05) is 24.5 Å². The molecule has 0 N–H and O–H groups in total. The Morgan fingerprint density at radius 1 is 1.08 bits per heavy atom. The van der Waals surface area contributed by atoms with Gasteiger partial charge < -0.3 is 0 Å². The van der Waals surface area contributed by atoms with Gasteiger partial charge in [0.1, 0.15) is 12.1 Å². The first-order valence-corrected chi connectivity index (χ1v) is 8.38. The predicted molar refractivity (Wildman–Crippen MR) is 91.5 cm³/mol. The van der Waals surface area contributed by atoms with E-state index in [1.54, 1.807) is 12.1 Å². The standard InChI is InChI=1S/C18H18FN5O/c19-14-6-2-1-5-13(14)15(23-9-3-4-10-23)11-24-12-22-17-16(18(24)25)20-7-8-21-17/h1-2,5-8,12,15H,3-4,9-11H2/t15-/m1/s1. The van der Waals surface area contributed by atoms with E-state index in [4.69, 9.17) is 0 Å². The van der Waals surface area contributed by atoms with Crippen molar-refractivity contribution in [1.29, 1.82) is 0 Å². The van der Waals surface area contributed by atoms with Crippen LogP contribution in [0.5, 0.6) is 0 Å². The van der Waals surface area contributed by atoms with Gasteiger partial charge in [0.05, 0.1) is 6.04 Å². The second kappa shape index (κ2) is 6.68. The fourth-order valence-corrected chi connectivity index (χ4v) is 3.41. The van der Waals surface area contributed by atoms with Gasteiger partial charge in [-0.25, -0.2) is 19.3 Å². The van der Waals surface area contributed by atoms with E-state index in [1.165, 1.54) is 29.4 Å². The average Bonchev–Trinajstić information content (AvgIpc) is 3.17. The minimum atomic E-state index is -0.251. The molecule has 1 atom stereocenters. The maximum atomic E-state index is 14.4. The SMILES string of the molecule is O=c1c2nccnc2ncn1C[C@H](c1ccccc1F)N1CCCC1. The first-order chi connectivity index (χ1) is 12.2. The Balaban J connectivity index is 1.75. The molecule has 25 heavy (non-hydrogen) atoms. The zero-order valence-corrected chi connectivity index (χ0v) is 13.7. The number of benzene rings is 1. The molecule has 7 heteroatoms. The highest BCUT2D eigenvalue weighted by Crippen LogP contribution is 2.28. The van der Waals surface area contributed by atoms with Crippen LogP contribution >= 0.6 is 0 Å². The molecule has 1 aliphatic heterocycles. The fraction of sp³-hybridized carbons (Fsp3) is 0.333. The molecule has 0 spiro atoms. The molecule has 4 rings (SSSR count). The summed E-state index contributed by atoms with van der Waals surface area (Å²) in [7, 11) is 0.